The van der Waals surface area contributed by atoms with Crippen LogP contribution in [0.1, 0.15) is 24.1 Å². The fourth-order valence-corrected chi connectivity index (χ4v) is 3.94. The third kappa shape index (κ3) is 4.54. The summed E-state index contributed by atoms with van der Waals surface area (Å²) in [5.74, 6) is 1.69. The molecule has 0 spiro atoms. The van der Waals surface area contributed by atoms with E-state index >= 15 is 0 Å². The molecule has 0 fully saturated rings. The zero-order valence-electron chi connectivity index (χ0n) is 19.2. The van der Waals surface area contributed by atoms with Crippen molar-refractivity contribution in [3.8, 4) is 11.5 Å². The standard InChI is InChI=1S/C25H23N7O3/c1-16-22(24(33)28-21-10-6-7-13-26-21)23(32-25(27-16)29-30-31-32)18-11-12-19(20(14-18)34-2)35-15-17-8-4-3-5-9-17/h3-14,23H,15H2,1-2H3,(H,26,28,33)(H,27,29,31)/t23-/m0/s1. The van der Waals surface area contributed by atoms with Crippen molar-refractivity contribution in [2.75, 3.05) is 17.7 Å². The molecule has 0 bridgehead atoms. The minimum absolute atomic E-state index is 0.316. The van der Waals surface area contributed by atoms with E-state index in [9.17, 15) is 4.79 Å². The number of fused-ring (bicyclic) bond motifs is 1. The molecule has 0 saturated heterocycles. The Morgan fingerprint density at radius 2 is 1.91 bits per heavy atom. The van der Waals surface area contributed by atoms with Crippen LogP contribution in [0.2, 0.25) is 0 Å². The van der Waals surface area contributed by atoms with Gasteiger partial charge in [0.25, 0.3) is 5.91 Å². The number of tetrazole rings is 1. The van der Waals surface area contributed by atoms with Crippen molar-refractivity contribution < 1.29 is 14.3 Å². The Morgan fingerprint density at radius 1 is 1.09 bits per heavy atom. The van der Waals surface area contributed by atoms with Crippen molar-refractivity contribution in [3.05, 3.63) is 95.3 Å². The number of amides is 1. The number of benzene rings is 2. The molecule has 2 N–H and O–H groups in total. The van der Waals surface area contributed by atoms with Gasteiger partial charge >= 0.3 is 0 Å². The third-order valence-corrected chi connectivity index (χ3v) is 5.61. The molecule has 1 aliphatic rings. The second kappa shape index (κ2) is 9.64. The van der Waals surface area contributed by atoms with E-state index in [2.05, 4.69) is 31.1 Å². The average Bonchev–Trinajstić information content (AvgIpc) is 3.35. The Hall–Kier alpha value is -4.73. The van der Waals surface area contributed by atoms with Crippen molar-refractivity contribution in [2.24, 2.45) is 0 Å². The molecule has 2 aromatic heterocycles. The highest BCUT2D eigenvalue weighted by atomic mass is 16.5. The molecule has 0 unspecified atom stereocenters. The lowest BCUT2D eigenvalue weighted by molar-refractivity contribution is -0.113. The first-order valence-electron chi connectivity index (χ1n) is 11.0. The number of hydrogen-bond acceptors (Lipinski definition) is 8. The van der Waals surface area contributed by atoms with E-state index in [4.69, 9.17) is 9.47 Å². The summed E-state index contributed by atoms with van der Waals surface area (Å²) >= 11 is 0. The van der Waals surface area contributed by atoms with E-state index in [0.29, 0.717) is 41.1 Å². The number of methoxy groups -OCH3 is 1. The highest BCUT2D eigenvalue weighted by Gasteiger charge is 2.34. The predicted molar refractivity (Wildman–Crippen MR) is 129 cm³/mol. The van der Waals surface area contributed by atoms with E-state index in [1.807, 2.05) is 55.5 Å². The van der Waals surface area contributed by atoms with Crippen molar-refractivity contribution >= 4 is 17.7 Å². The van der Waals surface area contributed by atoms with Crippen molar-refractivity contribution in [2.45, 2.75) is 19.6 Å². The molecule has 4 aromatic rings. The van der Waals surface area contributed by atoms with Crippen LogP contribution >= 0.6 is 0 Å². The summed E-state index contributed by atoms with van der Waals surface area (Å²) in [4.78, 5) is 17.6. The van der Waals surface area contributed by atoms with Gasteiger partial charge in [0.15, 0.2) is 11.5 Å². The van der Waals surface area contributed by atoms with Gasteiger partial charge in [-0.25, -0.2) is 4.98 Å². The lowest BCUT2D eigenvalue weighted by atomic mass is 9.94. The maximum Gasteiger partial charge on any atom is 0.257 e. The number of nitrogens with zero attached hydrogens (tertiary/aromatic N) is 5. The first-order valence-corrected chi connectivity index (χ1v) is 11.0. The topological polar surface area (TPSA) is 116 Å². The van der Waals surface area contributed by atoms with E-state index in [1.54, 1.807) is 36.2 Å². The summed E-state index contributed by atoms with van der Waals surface area (Å²) in [5.41, 5.74) is 2.89. The molecule has 0 saturated carbocycles. The van der Waals surface area contributed by atoms with Gasteiger partial charge in [-0.2, -0.15) is 4.68 Å². The monoisotopic (exact) mass is 469 g/mol. The number of hydrogen-bond donors (Lipinski definition) is 2. The summed E-state index contributed by atoms with van der Waals surface area (Å²) in [6.07, 6.45) is 1.62. The molecule has 10 nitrogen and oxygen atoms in total. The van der Waals surface area contributed by atoms with Crippen LogP contribution in [0.5, 0.6) is 11.5 Å². The Morgan fingerprint density at radius 3 is 2.69 bits per heavy atom. The zero-order chi connectivity index (χ0) is 24.2. The van der Waals surface area contributed by atoms with Gasteiger partial charge < -0.3 is 20.1 Å². The molecular weight excluding hydrogens is 446 g/mol. The lowest BCUT2D eigenvalue weighted by Gasteiger charge is -2.28. The van der Waals surface area contributed by atoms with Crippen LogP contribution in [0.15, 0.2) is 84.2 Å². The molecule has 1 amide bonds. The van der Waals surface area contributed by atoms with Crippen LogP contribution in [0.4, 0.5) is 11.8 Å². The highest BCUT2D eigenvalue weighted by molar-refractivity contribution is 6.05. The molecule has 176 valence electrons. The number of nitrogens with one attached hydrogen (secondary N) is 2. The van der Waals surface area contributed by atoms with Gasteiger partial charge in [0.1, 0.15) is 18.5 Å². The van der Waals surface area contributed by atoms with Gasteiger partial charge in [0.05, 0.1) is 12.7 Å². The summed E-state index contributed by atoms with van der Waals surface area (Å²) in [6.45, 7) is 2.21. The number of allylic oxidation sites excluding steroid dienone is 1. The van der Waals surface area contributed by atoms with Gasteiger partial charge in [-0.3, -0.25) is 4.79 Å². The number of anilines is 2. The normalized spacial score (nSPS) is 14.6. The molecule has 0 aliphatic carbocycles. The second-order valence-corrected chi connectivity index (χ2v) is 7.87. The number of aromatic nitrogens is 5. The van der Waals surface area contributed by atoms with E-state index in [-0.39, 0.29) is 5.91 Å². The van der Waals surface area contributed by atoms with Gasteiger partial charge in [0.2, 0.25) is 5.95 Å². The summed E-state index contributed by atoms with van der Waals surface area (Å²) in [5, 5.41) is 17.9. The molecule has 1 aliphatic heterocycles. The van der Waals surface area contributed by atoms with Gasteiger partial charge in [-0.1, -0.05) is 47.6 Å². The van der Waals surface area contributed by atoms with E-state index < -0.39 is 6.04 Å². The Bertz CT molecular complexity index is 1370. The molecular formula is C25H23N7O3. The fraction of sp³-hybridized carbons (Fsp3) is 0.160. The van der Waals surface area contributed by atoms with Crippen LogP contribution in [-0.2, 0) is 11.4 Å². The maximum absolute atomic E-state index is 13.4. The van der Waals surface area contributed by atoms with E-state index in [0.717, 1.165) is 11.1 Å². The quantitative estimate of drug-likeness (QED) is 0.422. The third-order valence-electron chi connectivity index (χ3n) is 5.61. The molecule has 2 aromatic carbocycles. The number of ether oxygens (including phenoxy) is 2. The fourth-order valence-electron chi connectivity index (χ4n) is 3.94. The Kier molecular flexibility index (Phi) is 6.08. The first-order chi connectivity index (χ1) is 17.1. The predicted octanol–water partition coefficient (Wildman–Crippen LogP) is 3.58. The molecule has 0 radical (unpaired) electrons. The number of carbonyl (C=O) groups is 1. The molecule has 3 heterocycles. The van der Waals surface area contributed by atoms with Crippen LogP contribution in [-0.4, -0.2) is 38.2 Å². The van der Waals surface area contributed by atoms with Crippen molar-refractivity contribution in [1.29, 1.82) is 0 Å². The van der Waals surface area contributed by atoms with Crippen LogP contribution < -0.4 is 20.1 Å². The van der Waals surface area contributed by atoms with Gasteiger partial charge in [-0.15, -0.1) is 0 Å². The van der Waals surface area contributed by atoms with Crippen LogP contribution in [0.25, 0.3) is 0 Å². The van der Waals surface area contributed by atoms with Gasteiger partial charge in [-0.05, 0) is 52.7 Å². The highest BCUT2D eigenvalue weighted by Crippen LogP contribution is 2.38. The number of rotatable bonds is 7. The number of pyridine rings is 1. The Balaban J connectivity index is 1.48. The molecule has 1 atom stereocenters. The number of carbonyl (C=O) groups excluding carboxylic acids is 1. The summed E-state index contributed by atoms with van der Waals surface area (Å²) in [6, 6.07) is 20.1. The summed E-state index contributed by atoms with van der Waals surface area (Å²) < 4.78 is 13.2. The van der Waals surface area contributed by atoms with Crippen LogP contribution in [0, 0.1) is 0 Å². The van der Waals surface area contributed by atoms with E-state index in [1.165, 1.54) is 0 Å². The molecule has 10 heteroatoms. The average molecular weight is 470 g/mol. The van der Waals surface area contributed by atoms with Crippen molar-refractivity contribution in [3.63, 3.8) is 0 Å². The zero-order valence-corrected chi connectivity index (χ0v) is 19.2. The van der Waals surface area contributed by atoms with Gasteiger partial charge in [0, 0.05) is 11.9 Å². The molecule has 5 rings (SSSR count). The summed E-state index contributed by atoms with van der Waals surface area (Å²) in [7, 11) is 1.58. The minimum atomic E-state index is -0.595. The largest absolute Gasteiger partial charge is 0.493 e. The lowest BCUT2D eigenvalue weighted by Crippen LogP contribution is -2.31. The SMILES string of the molecule is COc1cc([C@H]2C(C(=O)Nc3ccccn3)=C(C)Nc3nnnn32)ccc1OCc1ccccc1. The minimum Gasteiger partial charge on any atom is -0.493 e. The maximum atomic E-state index is 13.4. The first kappa shape index (κ1) is 22.1. The second-order valence-electron chi connectivity index (χ2n) is 7.87. The smallest absolute Gasteiger partial charge is 0.257 e. The van der Waals surface area contributed by atoms with Crippen LogP contribution in [0.3, 0.4) is 0 Å². The Labute approximate surface area is 201 Å². The van der Waals surface area contributed by atoms with Crippen molar-refractivity contribution in [1.82, 2.24) is 25.2 Å². The molecule has 35 heavy (non-hydrogen) atoms.